The number of amides is 2. The highest BCUT2D eigenvalue weighted by Crippen LogP contribution is 2.73. The van der Waals surface area contributed by atoms with Gasteiger partial charge in [0.15, 0.2) is 11.5 Å². The summed E-state index contributed by atoms with van der Waals surface area (Å²) < 4.78 is 11.6. The average molecular weight is 488 g/mol. The molecule has 3 fully saturated rings. The van der Waals surface area contributed by atoms with Crippen LogP contribution in [-0.4, -0.2) is 34.6 Å². The Bertz CT molecular complexity index is 1280. The first-order chi connectivity index (χ1) is 17.4. The van der Waals surface area contributed by atoms with Crippen molar-refractivity contribution in [2.45, 2.75) is 26.4 Å². The molecule has 36 heavy (non-hydrogen) atoms. The number of non-ortho nitro benzene ring substituents is 1. The fourth-order valence-corrected chi connectivity index (χ4v) is 6.17. The number of nitrogens with zero attached hydrogens (tertiary/aromatic N) is 3. The zero-order valence-corrected chi connectivity index (χ0v) is 19.7. The molecule has 4 aliphatic rings. The lowest BCUT2D eigenvalue weighted by molar-refractivity contribution is -0.384. The minimum Gasteiger partial charge on any atom is -0.490 e. The Labute approximate surface area is 207 Å². The largest absolute Gasteiger partial charge is 0.490 e. The van der Waals surface area contributed by atoms with E-state index in [4.69, 9.17) is 9.47 Å². The number of imide groups is 1. The van der Waals surface area contributed by atoms with E-state index in [1.807, 2.05) is 6.92 Å². The van der Waals surface area contributed by atoms with Gasteiger partial charge in [-0.1, -0.05) is 12.2 Å². The van der Waals surface area contributed by atoms with Crippen molar-refractivity contribution in [1.82, 2.24) is 5.01 Å². The number of carbonyl (C=O) groups excluding carboxylic acids is 2. The van der Waals surface area contributed by atoms with Crippen molar-refractivity contribution in [3.8, 4) is 11.5 Å². The zero-order valence-electron chi connectivity index (χ0n) is 19.7. The van der Waals surface area contributed by atoms with Gasteiger partial charge in [-0.3, -0.25) is 19.7 Å². The molecule has 2 aromatic carbocycles. The highest BCUT2D eigenvalue weighted by Gasteiger charge is 2.73. The molecule has 9 nitrogen and oxygen atoms in total. The van der Waals surface area contributed by atoms with Crippen molar-refractivity contribution in [1.29, 1.82) is 0 Å². The first-order valence-corrected chi connectivity index (χ1v) is 12.2. The Morgan fingerprint density at radius 3 is 2.28 bits per heavy atom. The van der Waals surface area contributed by atoms with Gasteiger partial charge in [-0.2, -0.15) is 10.1 Å². The van der Waals surface area contributed by atoms with E-state index in [0.29, 0.717) is 23.7 Å². The number of hydrogen-bond acceptors (Lipinski definition) is 7. The molecule has 184 valence electrons. The van der Waals surface area contributed by atoms with Crippen LogP contribution in [0.15, 0.2) is 59.7 Å². The fraction of sp³-hybridized carbons (Fsp3) is 0.370. The first-order valence-electron chi connectivity index (χ1n) is 12.2. The van der Waals surface area contributed by atoms with Crippen molar-refractivity contribution in [2.75, 3.05) is 6.61 Å². The average Bonchev–Trinajstić information content (AvgIpc) is 3.48. The minimum absolute atomic E-state index is 0.0203. The van der Waals surface area contributed by atoms with Gasteiger partial charge >= 0.3 is 0 Å². The predicted molar refractivity (Wildman–Crippen MR) is 129 cm³/mol. The third-order valence-corrected chi connectivity index (χ3v) is 7.96. The molecule has 9 heteroatoms. The maximum Gasteiger partial charge on any atom is 0.269 e. The van der Waals surface area contributed by atoms with Crippen LogP contribution in [0, 0.1) is 39.2 Å². The normalized spacial score (nSPS) is 26.8. The summed E-state index contributed by atoms with van der Waals surface area (Å²) in [5.41, 5.74) is 1.62. The smallest absolute Gasteiger partial charge is 0.269 e. The number of nitro groups is 1. The number of nitro benzene ring substituents is 1. The quantitative estimate of drug-likeness (QED) is 0.182. The van der Waals surface area contributed by atoms with Crippen LogP contribution in [0.25, 0.3) is 0 Å². The van der Waals surface area contributed by atoms with Crippen molar-refractivity contribution in [2.24, 2.45) is 34.2 Å². The number of fused-ring (bicyclic) bond motifs is 3. The molecule has 2 aromatic rings. The molecular formula is C27H25N3O6. The van der Waals surface area contributed by atoms with E-state index in [2.05, 4.69) is 17.3 Å². The second-order valence-corrected chi connectivity index (χ2v) is 9.81. The van der Waals surface area contributed by atoms with Crippen molar-refractivity contribution < 1.29 is 24.0 Å². The number of ether oxygens (including phenoxy) is 2. The van der Waals surface area contributed by atoms with Gasteiger partial charge in [0.1, 0.15) is 6.61 Å². The number of allylic oxidation sites excluding steroid dienone is 2. The van der Waals surface area contributed by atoms with Gasteiger partial charge in [-0.05, 0) is 78.5 Å². The second-order valence-electron chi connectivity index (χ2n) is 9.81. The molecule has 1 aliphatic heterocycles. The molecule has 4 atom stereocenters. The lowest BCUT2D eigenvalue weighted by atomic mass is 9.85. The first kappa shape index (κ1) is 22.5. The van der Waals surface area contributed by atoms with Crippen molar-refractivity contribution >= 4 is 23.7 Å². The van der Waals surface area contributed by atoms with Gasteiger partial charge < -0.3 is 9.47 Å². The van der Waals surface area contributed by atoms with Gasteiger partial charge in [0.05, 0.1) is 29.6 Å². The summed E-state index contributed by atoms with van der Waals surface area (Å²) in [6.45, 7) is 2.48. The van der Waals surface area contributed by atoms with Crippen LogP contribution in [0.5, 0.6) is 11.5 Å². The molecule has 0 unspecified atom stereocenters. The minimum atomic E-state index is -0.446. The molecule has 2 saturated carbocycles. The van der Waals surface area contributed by atoms with Gasteiger partial charge in [-0.25, -0.2) is 0 Å². The SMILES string of the molecule is CCOc1cc(/C=N\N2C(=O)[C@H]3[C@H](C2=O)[C@H]2C=C[C@H]3C23CC3)ccc1OCc1ccc([N+](=O)[O-])cc1. The molecule has 2 amide bonds. The summed E-state index contributed by atoms with van der Waals surface area (Å²) in [7, 11) is 0. The van der Waals surface area contributed by atoms with Crippen LogP contribution in [-0.2, 0) is 16.2 Å². The van der Waals surface area contributed by atoms with Crippen LogP contribution >= 0.6 is 0 Å². The topological polar surface area (TPSA) is 111 Å². The lowest BCUT2D eigenvalue weighted by Gasteiger charge is -2.18. The highest BCUT2D eigenvalue weighted by molar-refractivity contribution is 6.07. The summed E-state index contributed by atoms with van der Waals surface area (Å²) in [6, 6.07) is 11.4. The standard InChI is InChI=1S/C27H25N3O6/c1-2-35-22-13-17(5-10-21(22)36-15-16-3-6-18(7-4-16)30(33)34)14-28-29-25(31)23-19-8-9-20(24(23)26(29)32)27(19)11-12-27/h3-10,13-14,19-20,23-24H,2,11-12,15H2,1H3/b28-14-/t19-,20-,23-,24-/m1/s1. The Morgan fingerprint density at radius 2 is 1.69 bits per heavy atom. The van der Waals surface area contributed by atoms with E-state index >= 15 is 0 Å². The summed E-state index contributed by atoms with van der Waals surface area (Å²) in [5.74, 6) is 0.393. The molecule has 1 saturated heterocycles. The molecule has 1 spiro atoms. The molecule has 1 heterocycles. The van der Waals surface area contributed by atoms with Crippen LogP contribution < -0.4 is 9.47 Å². The molecule has 6 rings (SSSR count). The third kappa shape index (κ3) is 3.41. The Kier molecular flexibility index (Phi) is 5.17. The summed E-state index contributed by atoms with van der Waals surface area (Å²) >= 11 is 0. The summed E-state index contributed by atoms with van der Waals surface area (Å²) in [5, 5.41) is 16.2. The Hall–Kier alpha value is -4.01. The number of hydrogen-bond donors (Lipinski definition) is 0. The maximum absolute atomic E-state index is 13.1. The molecule has 2 bridgehead atoms. The molecule has 3 aliphatic carbocycles. The Morgan fingerprint density at radius 1 is 1.03 bits per heavy atom. The maximum atomic E-state index is 13.1. The zero-order chi connectivity index (χ0) is 25.0. The predicted octanol–water partition coefficient (Wildman–Crippen LogP) is 4.10. The van der Waals surface area contributed by atoms with Crippen LogP contribution in [0.1, 0.15) is 30.9 Å². The van der Waals surface area contributed by atoms with E-state index in [9.17, 15) is 19.7 Å². The second kappa shape index (κ2) is 8.29. The number of benzene rings is 2. The number of carbonyl (C=O) groups is 2. The van der Waals surface area contributed by atoms with E-state index in [1.54, 1.807) is 30.3 Å². The van der Waals surface area contributed by atoms with Crippen molar-refractivity contribution in [3.63, 3.8) is 0 Å². The van der Waals surface area contributed by atoms with Crippen molar-refractivity contribution in [3.05, 3.63) is 75.9 Å². The van der Waals surface area contributed by atoms with Crippen LogP contribution in [0.4, 0.5) is 5.69 Å². The van der Waals surface area contributed by atoms with E-state index in [0.717, 1.165) is 23.4 Å². The van der Waals surface area contributed by atoms with Crippen LogP contribution in [0.2, 0.25) is 0 Å². The lowest BCUT2D eigenvalue weighted by Crippen LogP contribution is -2.30. The molecular weight excluding hydrogens is 462 g/mol. The summed E-state index contributed by atoms with van der Waals surface area (Å²) in [6.07, 6.45) is 7.99. The van der Waals surface area contributed by atoms with E-state index < -0.39 is 4.92 Å². The third-order valence-electron chi connectivity index (χ3n) is 7.96. The highest BCUT2D eigenvalue weighted by atomic mass is 16.6. The number of rotatable bonds is 8. The monoisotopic (exact) mass is 487 g/mol. The number of hydrazone groups is 1. The molecule has 0 N–H and O–H groups in total. The van der Waals surface area contributed by atoms with E-state index in [-0.39, 0.29) is 53.2 Å². The Balaban J connectivity index is 1.16. The van der Waals surface area contributed by atoms with Gasteiger partial charge in [0.2, 0.25) is 0 Å². The molecule has 0 radical (unpaired) electrons. The van der Waals surface area contributed by atoms with E-state index in [1.165, 1.54) is 18.3 Å². The van der Waals surface area contributed by atoms with Gasteiger partial charge in [0.25, 0.3) is 17.5 Å². The fourth-order valence-electron chi connectivity index (χ4n) is 6.17. The van der Waals surface area contributed by atoms with Gasteiger partial charge in [-0.15, -0.1) is 0 Å². The molecule has 0 aromatic heterocycles. The van der Waals surface area contributed by atoms with Gasteiger partial charge in [0, 0.05) is 12.1 Å². The summed E-state index contributed by atoms with van der Waals surface area (Å²) in [4.78, 5) is 36.6. The van der Waals surface area contributed by atoms with Crippen LogP contribution in [0.3, 0.4) is 0 Å².